The van der Waals surface area contributed by atoms with Crippen molar-refractivity contribution in [2.75, 3.05) is 20.2 Å². The maximum Gasteiger partial charge on any atom is 0.267 e. The average Bonchev–Trinajstić information content (AvgIpc) is 2.67. The Labute approximate surface area is 176 Å². The van der Waals surface area contributed by atoms with Crippen LogP contribution < -0.4 is 5.73 Å². The van der Waals surface area contributed by atoms with Crippen molar-refractivity contribution in [2.45, 2.75) is 62.5 Å². The number of nitrogens with zero attached hydrogens (tertiary/aromatic N) is 2. The van der Waals surface area contributed by atoms with Crippen LogP contribution in [0, 0.1) is 11.8 Å². The van der Waals surface area contributed by atoms with E-state index >= 15 is 0 Å². The molecule has 4 rings (SSSR count). The molecule has 1 aliphatic heterocycles. The van der Waals surface area contributed by atoms with Crippen LogP contribution in [0.4, 0.5) is 8.78 Å². The minimum atomic E-state index is -2.50. The Bertz CT molecular complexity index is 724. The molecular formula is C21H30ClF2N3O2. The third-order valence-electron chi connectivity index (χ3n) is 7.23. The predicted octanol–water partition coefficient (Wildman–Crippen LogP) is 3.75. The number of halogens is 3. The zero-order valence-corrected chi connectivity index (χ0v) is 17.6. The molecule has 2 saturated carbocycles. The van der Waals surface area contributed by atoms with Gasteiger partial charge in [0.05, 0.1) is 0 Å². The molecule has 0 spiro atoms. The van der Waals surface area contributed by atoms with Gasteiger partial charge in [-0.05, 0) is 43.4 Å². The van der Waals surface area contributed by atoms with Gasteiger partial charge in [0.2, 0.25) is 5.92 Å². The number of rotatable bonds is 4. The van der Waals surface area contributed by atoms with E-state index < -0.39 is 17.4 Å². The highest BCUT2D eigenvalue weighted by Gasteiger charge is 2.54. The predicted molar refractivity (Wildman–Crippen MR) is 108 cm³/mol. The molecule has 8 heteroatoms. The lowest BCUT2D eigenvalue weighted by Gasteiger charge is -2.57. The second kappa shape index (κ2) is 8.44. The third-order valence-corrected chi connectivity index (χ3v) is 7.23. The summed E-state index contributed by atoms with van der Waals surface area (Å²) in [6.07, 6.45) is 5.93. The van der Waals surface area contributed by atoms with Gasteiger partial charge in [0.15, 0.2) is 0 Å². The Morgan fingerprint density at radius 1 is 1.21 bits per heavy atom. The zero-order chi connectivity index (χ0) is 19.9. The van der Waals surface area contributed by atoms with Gasteiger partial charge >= 0.3 is 0 Å². The molecule has 0 aromatic carbocycles. The molecular weight excluding hydrogens is 400 g/mol. The Balaban J connectivity index is 0.00000240. The number of aromatic nitrogens is 1. The van der Waals surface area contributed by atoms with Gasteiger partial charge in [0.25, 0.3) is 5.91 Å². The molecule has 2 bridgehead atoms. The number of methoxy groups -OCH3 is 1. The van der Waals surface area contributed by atoms with Gasteiger partial charge in [-0.15, -0.1) is 12.4 Å². The number of pyridine rings is 1. The Morgan fingerprint density at radius 3 is 2.38 bits per heavy atom. The molecule has 1 aromatic rings. The normalized spacial score (nSPS) is 32.4. The number of alkyl halides is 2. The number of fused-ring (bicyclic) bond motifs is 2. The SMILES string of the molecule is CO[C@]1(c2ccnc(C(N)=O)c2)[C@@H]2CCC[C@H]1CN(C1CCC(F)(F)CC1)C2.Cl. The number of nitrogens with two attached hydrogens (primary N) is 1. The molecule has 2 N–H and O–H groups in total. The maximum atomic E-state index is 13.6. The fourth-order valence-electron chi connectivity index (χ4n) is 5.89. The van der Waals surface area contributed by atoms with Crippen molar-refractivity contribution in [2.24, 2.45) is 17.6 Å². The van der Waals surface area contributed by atoms with Crippen LogP contribution >= 0.6 is 12.4 Å². The first-order valence-electron chi connectivity index (χ1n) is 10.3. The smallest absolute Gasteiger partial charge is 0.267 e. The van der Waals surface area contributed by atoms with E-state index in [1.807, 2.05) is 6.07 Å². The Morgan fingerprint density at radius 2 is 1.83 bits per heavy atom. The van der Waals surface area contributed by atoms with E-state index in [0.717, 1.165) is 37.9 Å². The maximum absolute atomic E-state index is 13.6. The number of hydrogen-bond acceptors (Lipinski definition) is 4. The summed E-state index contributed by atoms with van der Waals surface area (Å²) in [5.41, 5.74) is 6.19. The van der Waals surface area contributed by atoms with Gasteiger partial charge in [-0.2, -0.15) is 0 Å². The number of hydrogen-bond donors (Lipinski definition) is 1. The summed E-state index contributed by atoms with van der Waals surface area (Å²) in [6.45, 7) is 1.68. The van der Waals surface area contributed by atoms with Gasteiger partial charge < -0.3 is 10.5 Å². The van der Waals surface area contributed by atoms with Crippen molar-refractivity contribution in [3.05, 3.63) is 29.6 Å². The van der Waals surface area contributed by atoms with Crippen LogP contribution in [0.1, 0.15) is 61.0 Å². The third kappa shape index (κ3) is 4.01. The van der Waals surface area contributed by atoms with Crippen molar-refractivity contribution in [3.63, 3.8) is 0 Å². The first-order chi connectivity index (χ1) is 13.4. The van der Waals surface area contributed by atoms with E-state index in [9.17, 15) is 13.6 Å². The lowest BCUT2D eigenvalue weighted by Crippen LogP contribution is -2.61. The van der Waals surface area contributed by atoms with Gasteiger partial charge in [-0.3, -0.25) is 14.7 Å². The molecule has 0 radical (unpaired) electrons. The van der Waals surface area contributed by atoms with Crippen LogP contribution in [-0.4, -0.2) is 48.0 Å². The molecule has 1 saturated heterocycles. The first-order valence-corrected chi connectivity index (χ1v) is 10.3. The molecule has 2 aliphatic carbocycles. The summed E-state index contributed by atoms with van der Waals surface area (Å²) in [5, 5.41) is 0. The number of amides is 1. The molecule has 0 unspecified atom stereocenters. The fraction of sp³-hybridized carbons (Fsp3) is 0.714. The van der Waals surface area contributed by atoms with Gasteiger partial charge in [0, 0.05) is 57.1 Å². The van der Waals surface area contributed by atoms with E-state index in [4.69, 9.17) is 10.5 Å². The van der Waals surface area contributed by atoms with E-state index in [1.165, 1.54) is 0 Å². The number of piperidine rings is 1. The summed E-state index contributed by atoms with van der Waals surface area (Å²) in [7, 11) is 1.74. The van der Waals surface area contributed by atoms with Crippen molar-refractivity contribution >= 4 is 18.3 Å². The number of likely N-dealkylation sites (tertiary alicyclic amines) is 1. The number of carbonyl (C=O) groups excluding carboxylic acids is 1. The summed E-state index contributed by atoms with van der Waals surface area (Å²) < 4.78 is 33.4. The van der Waals surface area contributed by atoms with Gasteiger partial charge in [0.1, 0.15) is 11.3 Å². The summed E-state index contributed by atoms with van der Waals surface area (Å²) >= 11 is 0. The van der Waals surface area contributed by atoms with E-state index in [-0.39, 0.29) is 48.8 Å². The summed E-state index contributed by atoms with van der Waals surface area (Å²) in [5.74, 6) is -2.52. The zero-order valence-electron chi connectivity index (χ0n) is 16.8. The molecule has 3 aliphatic rings. The molecule has 3 atom stereocenters. The van der Waals surface area contributed by atoms with Crippen LogP contribution in [0.3, 0.4) is 0 Å². The number of primary amides is 1. The largest absolute Gasteiger partial charge is 0.373 e. The fourth-order valence-corrected chi connectivity index (χ4v) is 5.89. The quantitative estimate of drug-likeness (QED) is 0.791. The Kier molecular flexibility index (Phi) is 6.51. The van der Waals surface area contributed by atoms with Gasteiger partial charge in [-0.1, -0.05) is 6.42 Å². The van der Waals surface area contributed by atoms with Crippen molar-refractivity contribution in [1.82, 2.24) is 9.88 Å². The summed E-state index contributed by atoms with van der Waals surface area (Å²) in [6, 6.07) is 3.93. The second-order valence-electron chi connectivity index (χ2n) is 8.66. The summed E-state index contributed by atoms with van der Waals surface area (Å²) in [4.78, 5) is 18.1. The van der Waals surface area contributed by atoms with Crippen molar-refractivity contribution < 1.29 is 18.3 Å². The lowest BCUT2D eigenvalue weighted by molar-refractivity contribution is -0.178. The van der Waals surface area contributed by atoms with Gasteiger partial charge in [-0.25, -0.2) is 8.78 Å². The van der Waals surface area contributed by atoms with Crippen molar-refractivity contribution in [1.29, 1.82) is 0 Å². The van der Waals surface area contributed by atoms with E-state index in [0.29, 0.717) is 12.8 Å². The van der Waals surface area contributed by atoms with Crippen molar-refractivity contribution in [3.8, 4) is 0 Å². The minimum Gasteiger partial charge on any atom is -0.373 e. The molecule has 2 heterocycles. The second-order valence-corrected chi connectivity index (χ2v) is 8.66. The monoisotopic (exact) mass is 429 g/mol. The molecule has 162 valence electrons. The lowest BCUT2D eigenvalue weighted by atomic mass is 9.62. The molecule has 1 aromatic heterocycles. The molecule has 29 heavy (non-hydrogen) atoms. The number of carbonyl (C=O) groups is 1. The Hall–Kier alpha value is -1.31. The van der Waals surface area contributed by atoms with E-state index in [1.54, 1.807) is 19.4 Å². The van der Waals surface area contributed by atoms with Crippen LogP contribution in [-0.2, 0) is 10.3 Å². The van der Waals surface area contributed by atoms with E-state index in [2.05, 4.69) is 9.88 Å². The van der Waals surface area contributed by atoms with Crippen LogP contribution in [0.25, 0.3) is 0 Å². The standard InChI is InChI=1S/C21H29F2N3O2.ClH/c1-28-21(14-7-10-25-18(11-14)19(24)27)15-3-2-4-16(21)13-26(12-15)17-5-8-20(22,23)9-6-17;/h7,10-11,15-17H,2-6,8-9,12-13H2,1H3,(H2,24,27);1H/t15-,16+,21-;. The van der Waals surface area contributed by atoms with Crippen LogP contribution in [0.5, 0.6) is 0 Å². The highest BCUT2D eigenvalue weighted by Crippen LogP contribution is 2.52. The highest BCUT2D eigenvalue weighted by molar-refractivity contribution is 5.90. The number of ether oxygens (including phenoxy) is 1. The first kappa shape index (κ1) is 22.4. The topological polar surface area (TPSA) is 68.5 Å². The highest BCUT2D eigenvalue weighted by atomic mass is 35.5. The molecule has 1 amide bonds. The molecule has 5 nitrogen and oxygen atoms in total. The average molecular weight is 430 g/mol. The van der Waals surface area contributed by atoms with Crippen LogP contribution in [0.15, 0.2) is 18.3 Å². The van der Waals surface area contributed by atoms with Crippen LogP contribution in [0.2, 0.25) is 0 Å². The molecule has 3 fully saturated rings. The minimum absolute atomic E-state index is 0.